The van der Waals surface area contributed by atoms with E-state index >= 15 is 0 Å². The molecule has 2 rings (SSSR count). The Morgan fingerprint density at radius 1 is 1.47 bits per heavy atom. The van der Waals surface area contributed by atoms with Crippen LogP contribution in [0.4, 0.5) is 5.69 Å². The van der Waals surface area contributed by atoms with Gasteiger partial charge in [0.2, 0.25) is 0 Å². The van der Waals surface area contributed by atoms with Crippen LogP contribution in [0.2, 0.25) is 5.02 Å². The van der Waals surface area contributed by atoms with Gasteiger partial charge in [-0.05, 0) is 35.8 Å². The Balaban J connectivity index is 2.49. The molecule has 100 valence electrons. The van der Waals surface area contributed by atoms with E-state index in [2.05, 4.69) is 21.0 Å². The lowest BCUT2D eigenvalue weighted by Gasteiger charge is -2.07. The van der Waals surface area contributed by atoms with E-state index < -0.39 is 4.92 Å². The van der Waals surface area contributed by atoms with Crippen LogP contribution in [0.3, 0.4) is 0 Å². The molecule has 1 heterocycles. The summed E-state index contributed by atoms with van der Waals surface area (Å²) in [5.41, 5.74) is 2.22. The van der Waals surface area contributed by atoms with Crippen LogP contribution < -0.4 is 0 Å². The molecule has 0 amide bonds. The molecule has 0 atom stereocenters. The van der Waals surface area contributed by atoms with Gasteiger partial charge < -0.3 is 0 Å². The Hall–Kier alpha value is -1.40. The summed E-state index contributed by atoms with van der Waals surface area (Å²) in [7, 11) is 0. The van der Waals surface area contributed by atoms with Gasteiger partial charge >= 0.3 is 0 Å². The van der Waals surface area contributed by atoms with Gasteiger partial charge in [0, 0.05) is 6.07 Å². The second kappa shape index (κ2) is 5.30. The summed E-state index contributed by atoms with van der Waals surface area (Å²) in [6.45, 7) is 4.04. The summed E-state index contributed by atoms with van der Waals surface area (Å²) >= 11 is 9.49. The number of nitrogens with zero attached hydrogens (tertiary/aromatic N) is 3. The average Bonchev–Trinajstić information content (AvgIpc) is 2.59. The van der Waals surface area contributed by atoms with Gasteiger partial charge in [-0.2, -0.15) is 5.10 Å². The Labute approximate surface area is 123 Å². The minimum Gasteiger partial charge on any atom is -0.264 e. The molecule has 1 aromatic heterocycles. The first-order valence-corrected chi connectivity index (χ1v) is 6.70. The molecule has 1 aromatic carbocycles. The van der Waals surface area contributed by atoms with Crippen LogP contribution in [-0.4, -0.2) is 14.7 Å². The summed E-state index contributed by atoms with van der Waals surface area (Å²) in [6.07, 6.45) is 0. The van der Waals surface area contributed by atoms with E-state index in [1.807, 2.05) is 13.8 Å². The van der Waals surface area contributed by atoms with Crippen molar-refractivity contribution in [1.82, 2.24) is 9.78 Å². The van der Waals surface area contributed by atoms with Crippen molar-refractivity contribution in [2.45, 2.75) is 20.4 Å². The Kier molecular flexibility index (Phi) is 3.91. The van der Waals surface area contributed by atoms with Crippen molar-refractivity contribution in [1.29, 1.82) is 0 Å². The van der Waals surface area contributed by atoms with E-state index in [-0.39, 0.29) is 12.2 Å². The number of aromatic nitrogens is 2. The normalized spacial score (nSPS) is 10.7. The highest BCUT2D eigenvalue weighted by atomic mass is 79.9. The number of halogens is 2. The van der Waals surface area contributed by atoms with E-state index in [0.717, 1.165) is 15.9 Å². The van der Waals surface area contributed by atoms with Crippen molar-refractivity contribution >= 4 is 33.2 Å². The average molecular weight is 345 g/mol. The molecule has 2 aromatic rings. The zero-order valence-electron chi connectivity index (χ0n) is 10.4. The third-order valence-electron chi connectivity index (χ3n) is 2.89. The zero-order chi connectivity index (χ0) is 14.2. The highest BCUT2D eigenvalue weighted by molar-refractivity contribution is 9.10. The van der Waals surface area contributed by atoms with Gasteiger partial charge in [-0.15, -0.1) is 0 Å². The number of benzene rings is 1. The predicted octanol–water partition coefficient (Wildman–Crippen LogP) is 3.87. The molecule has 7 heteroatoms. The fourth-order valence-electron chi connectivity index (χ4n) is 1.85. The van der Waals surface area contributed by atoms with Crippen molar-refractivity contribution < 1.29 is 4.92 Å². The number of rotatable bonds is 3. The highest BCUT2D eigenvalue weighted by Gasteiger charge is 2.19. The van der Waals surface area contributed by atoms with Gasteiger partial charge in [-0.1, -0.05) is 17.7 Å². The van der Waals surface area contributed by atoms with Gasteiger partial charge in [0.1, 0.15) is 0 Å². The van der Waals surface area contributed by atoms with Crippen molar-refractivity contribution in [2.75, 3.05) is 0 Å². The fourth-order valence-corrected chi connectivity index (χ4v) is 2.37. The third-order valence-corrected chi connectivity index (χ3v) is 4.39. The van der Waals surface area contributed by atoms with E-state index in [1.165, 1.54) is 6.07 Å². The summed E-state index contributed by atoms with van der Waals surface area (Å²) in [4.78, 5) is 10.6. The summed E-state index contributed by atoms with van der Waals surface area (Å²) < 4.78 is 2.61. The molecule has 0 aliphatic heterocycles. The molecule has 0 unspecified atom stereocenters. The Morgan fingerprint density at radius 3 is 2.68 bits per heavy atom. The van der Waals surface area contributed by atoms with Crippen LogP contribution in [-0.2, 0) is 6.54 Å². The van der Waals surface area contributed by atoms with Gasteiger partial charge in [0.15, 0.2) is 0 Å². The second-order valence-electron chi connectivity index (χ2n) is 4.14. The smallest absolute Gasteiger partial charge is 0.264 e. The first kappa shape index (κ1) is 14.0. The van der Waals surface area contributed by atoms with Crippen LogP contribution in [0, 0.1) is 24.0 Å². The van der Waals surface area contributed by atoms with Crippen molar-refractivity contribution in [3.05, 3.63) is 54.8 Å². The quantitative estimate of drug-likeness (QED) is 0.627. The van der Waals surface area contributed by atoms with Crippen LogP contribution in [0.5, 0.6) is 0 Å². The predicted molar refractivity (Wildman–Crippen MR) is 76.6 cm³/mol. The summed E-state index contributed by atoms with van der Waals surface area (Å²) in [6, 6.07) is 4.66. The van der Waals surface area contributed by atoms with Gasteiger partial charge in [-0.3, -0.25) is 14.8 Å². The third kappa shape index (κ3) is 2.64. The second-order valence-corrected chi connectivity index (χ2v) is 5.34. The highest BCUT2D eigenvalue weighted by Crippen LogP contribution is 2.28. The van der Waals surface area contributed by atoms with E-state index in [1.54, 1.807) is 16.8 Å². The first-order valence-electron chi connectivity index (χ1n) is 5.53. The van der Waals surface area contributed by atoms with Crippen LogP contribution in [0.1, 0.15) is 17.0 Å². The first-order chi connectivity index (χ1) is 8.91. The molecule has 19 heavy (non-hydrogen) atoms. The number of aryl methyl sites for hydroxylation is 1. The molecule has 0 saturated carbocycles. The molecule has 0 fully saturated rings. The van der Waals surface area contributed by atoms with Crippen LogP contribution >= 0.6 is 27.5 Å². The van der Waals surface area contributed by atoms with Crippen LogP contribution in [0.15, 0.2) is 22.7 Å². The van der Waals surface area contributed by atoms with E-state index in [4.69, 9.17) is 11.6 Å². The van der Waals surface area contributed by atoms with Crippen LogP contribution in [0.25, 0.3) is 0 Å². The standard InChI is InChI=1S/C12H11BrClN3O2/c1-7-12(13)8(2)16(15-7)6-9-10(14)4-3-5-11(9)17(18)19/h3-5H,6H2,1-2H3. The number of hydrogen-bond donors (Lipinski definition) is 0. The minimum atomic E-state index is -0.429. The number of hydrogen-bond acceptors (Lipinski definition) is 3. The topological polar surface area (TPSA) is 61.0 Å². The maximum atomic E-state index is 11.0. The molecule has 5 nitrogen and oxygen atoms in total. The Bertz CT molecular complexity index is 655. The van der Waals surface area contributed by atoms with E-state index in [0.29, 0.717) is 10.6 Å². The lowest BCUT2D eigenvalue weighted by molar-refractivity contribution is -0.385. The minimum absolute atomic E-state index is 0.0103. The number of nitro benzene ring substituents is 1. The molecule has 0 spiro atoms. The van der Waals surface area contributed by atoms with Crippen molar-refractivity contribution in [3.63, 3.8) is 0 Å². The van der Waals surface area contributed by atoms with Gasteiger partial charge in [0.05, 0.1) is 37.9 Å². The molecule has 0 radical (unpaired) electrons. The molecular formula is C12H11BrClN3O2. The molecule has 0 N–H and O–H groups in total. The Morgan fingerprint density at radius 2 is 2.16 bits per heavy atom. The summed E-state index contributed by atoms with van der Waals surface area (Å²) in [5.74, 6) is 0. The van der Waals surface area contributed by atoms with Gasteiger partial charge in [-0.25, -0.2) is 0 Å². The molecule has 0 bridgehead atoms. The SMILES string of the molecule is Cc1nn(Cc2c(Cl)cccc2[N+](=O)[O-])c(C)c1Br. The largest absolute Gasteiger partial charge is 0.275 e. The molecule has 0 aliphatic carbocycles. The lowest BCUT2D eigenvalue weighted by atomic mass is 10.2. The molecule has 0 saturated heterocycles. The summed E-state index contributed by atoms with van der Waals surface area (Å²) in [5, 5.41) is 15.7. The van der Waals surface area contributed by atoms with Crippen molar-refractivity contribution in [3.8, 4) is 0 Å². The maximum absolute atomic E-state index is 11.0. The molecular weight excluding hydrogens is 334 g/mol. The van der Waals surface area contributed by atoms with E-state index in [9.17, 15) is 10.1 Å². The van der Waals surface area contributed by atoms with Crippen molar-refractivity contribution in [2.24, 2.45) is 0 Å². The number of nitro groups is 1. The lowest BCUT2D eigenvalue weighted by Crippen LogP contribution is -2.07. The van der Waals surface area contributed by atoms with Gasteiger partial charge in [0.25, 0.3) is 5.69 Å². The zero-order valence-corrected chi connectivity index (χ0v) is 12.7. The monoisotopic (exact) mass is 343 g/mol. The fraction of sp³-hybridized carbons (Fsp3) is 0.250. The maximum Gasteiger partial charge on any atom is 0.275 e. The molecule has 0 aliphatic rings.